The summed E-state index contributed by atoms with van der Waals surface area (Å²) in [5.41, 5.74) is 3.09. The van der Waals surface area contributed by atoms with Crippen LogP contribution >= 0.6 is 11.3 Å². The van der Waals surface area contributed by atoms with Crippen LogP contribution in [0.15, 0.2) is 54.6 Å². The molecule has 4 aromatic rings. The number of carbonyl (C=O) groups excluding carboxylic acids is 1. The molecule has 0 spiro atoms. The van der Waals surface area contributed by atoms with Crippen molar-refractivity contribution in [2.45, 2.75) is 20.0 Å². The number of carbonyl (C=O) groups is 1. The fraction of sp³-hybridized carbons (Fsp3) is 0.158. The van der Waals surface area contributed by atoms with Crippen LogP contribution in [-0.4, -0.2) is 36.3 Å². The molecular formula is C19H17N7OS. The highest BCUT2D eigenvalue weighted by atomic mass is 32.1. The Hall–Kier alpha value is -3.46. The molecule has 0 radical (unpaired) electrons. The summed E-state index contributed by atoms with van der Waals surface area (Å²) in [5, 5.41) is 24.3. The van der Waals surface area contributed by atoms with E-state index in [1.54, 1.807) is 0 Å². The maximum atomic E-state index is 12.2. The molecule has 140 valence electrons. The van der Waals surface area contributed by atoms with E-state index in [9.17, 15) is 4.79 Å². The zero-order valence-electron chi connectivity index (χ0n) is 15.1. The van der Waals surface area contributed by atoms with Crippen molar-refractivity contribution in [2.75, 3.05) is 0 Å². The highest BCUT2D eigenvalue weighted by Crippen LogP contribution is 2.15. The lowest BCUT2D eigenvalue weighted by atomic mass is 10.1. The van der Waals surface area contributed by atoms with Crippen molar-refractivity contribution >= 4 is 17.2 Å². The van der Waals surface area contributed by atoms with E-state index in [2.05, 4.69) is 30.9 Å². The molecule has 2 aromatic heterocycles. The number of benzene rings is 2. The number of nitrogens with one attached hydrogen (secondary N) is 1. The van der Waals surface area contributed by atoms with Gasteiger partial charge in [-0.05, 0) is 17.7 Å². The van der Waals surface area contributed by atoms with Crippen molar-refractivity contribution in [1.29, 1.82) is 0 Å². The van der Waals surface area contributed by atoms with Gasteiger partial charge in [0.05, 0.1) is 0 Å². The Morgan fingerprint density at radius 1 is 1.04 bits per heavy atom. The van der Waals surface area contributed by atoms with Crippen molar-refractivity contribution in [3.63, 3.8) is 0 Å². The van der Waals surface area contributed by atoms with Crippen molar-refractivity contribution in [3.8, 4) is 11.4 Å². The molecule has 2 aromatic carbocycles. The van der Waals surface area contributed by atoms with E-state index in [1.807, 2.05) is 61.5 Å². The van der Waals surface area contributed by atoms with Crippen molar-refractivity contribution in [3.05, 3.63) is 75.7 Å². The van der Waals surface area contributed by atoms with Crippen LogP contribution in [0.3, 0.4) is 0 Å². The maximum Gasteiger partial charge on any atom is 0.282 e. The minimum absolute atomic E-state index is 0.250. The van der Waals surface area contributed by atoms with Gasteiger partial charge in [-0.3, -0.25) is 4.79 Å². The fourth-order valence-corrected chi connectivity index (χ4v) is 3.24. The van der Waals surface area contributed by atoms with Crippen LogP contribution < -0.4 is 5.32 Å². The highest BCUT2D eigenvalue weighted by molar-refractivity contribution is 7.13. The molecule has 2 heterocycles. The summed E-state index contributed by atoms with van der Waals surface area (Å²) < 4.78 is 0. The van der Waals surface area contributed by atoms with E-state index in [1.165, 1.54) is 21.7 Å². The van der Waals surface area contributed by atoms with Gasteiger partial charge < -0.3 is 5.32 Å². The zero-order chi connectivity index (χ0) is 19.3. The summed E-state index contributed by atoms with van der Waals surface area (Å²) in [6.45, 7) is 2.78. The minimum Gasteiger partial charge on any atom is -0.346 e. The second-order valence-electron chi connectivity index (χ2n) is 6.18. The molecule has 0 aliphatic rings. The molecule has 28 heavy (non-hydrogen) atoms. The molecule has 4 rings (SSSR count). The third kappa shape index (κ3) is 4.26. The number of hydrogen-bond acceptors (Lipinski definition) is 7. The smallest absolute Gasteiger partial charge is 0.282 e. The molecule has 0 atom stereocenters. The van der Waals surface area contributed by atoms with Crippen molar-refractivity contribution in [2.24, 2.45) is 0 Å². The van der Waals surface area contributed by atoms with E-state index in [-0.39, 0.29) is 5.91 Å². The van der Waals surface area contributed by atoms with E-state index in [0.29, 0.717) is 28.9 Å². The van der Waals surface area contributed by atoms with Crippen LogP contribution in [0.2, 0.25) is 0 Å². The first-order chi connectivity index (χ1) is 13.7. The average Bonchev–Trinajstić information content (AvgIpc) is 3.38. The first-order valence-electron chi connectivity index (χ1n) is 8.67. The lowest BCUT2D eigenvalue weighted by Crippen LogP contribution is -2.22. The van der Waals surface area contributed by atoms with Gasteiger partial charge in [0.2, 0.25) is 10.8 Å². The Kier molecular flexibility index (Phi) is 5.16. The molecule has 0 saturated heterocycles. The van der Waals surface area contributed by atoms with Gasteiger partial charge in [-0.15, -0.1) is 20.4 Å². The van der Waals surface area contributed by atoms with Gasteiger partial charge in [0.1, 0.15) is 11.6 Å². The molecule has 0 aliphatic heterocycles. The number of nitrogens with zero attached hydrogens (tertiary/aromatic N) is 6. The van der Waals surface area contributed by atoms with Gasteiger partial charge in [0.15, 0.2) is 0 Å². The molecule has 0 fully saturated rings. The molecule has 0 saturated carbocycles. The van der Waals surface area contributed by atoms with Crippen LogP contribution in [-0.2, 0) is 13.1 Å². The summed E-state index contributed by atoms with van der Waals surface area (Å²) in [5.74, 6) is 0.296. The molecule has 9 heteroatoms. The average molecular weight is 391 g/mol. The number of aryl methyl sites for hydroxylation is 1. The van der Waals surface area contributed by atoms with Gasteiger partial charge in [-0.25, -0.2) is 0 Å². The standard InChI is InChI=1S/C19H17N7OS/c1-13-7-9-15(10-8-13)17-22-25-26(24-17)12-16-21-23-19(28-16)18(27)20-11-14-5-3-2-4-6-14/h2-10H,11-12H2,1H3,(H,20,27). The summed E-state index contributed by atoms with van der Waals surface area (Å²) in [7, 11) is 0. The number of aromatic nitrogens is 6. The Balaban J connectivity index is 1.38. The number of hydrogen-bond donors (Lipinski definition) is 1. The zero-order valence-corrected chi connectivity index (χ0v) is 15.9. The molecule has 1 amide bonds. The lowest BCUT2D eigenvalue weighted by Gasteiger charge is -2.02. The largest absolute Gasteiger partial charge is 0.346 e. The summed E-state index contributed by atoms with van der Waals surface area (Å²) in [6, 6.07) is 17.6. The second kappa shape index (κ2) is 8.05. The van der Waals surface area contributed by atoms with Crippen molar-refractivity contribution in [1.82, 2.24) is 35.7 Å². The first kappa shape index (κ1) is 17.9. The summed E-state index contributed by atoms with van der Waals surface area (Å²) in [4.78, 5) is 13.7. The van der Waals surface area contributed by atoms with Crippen LogP contribution in [0.4, 0.5) is 0 Å². The monoisotopic (exact) mass is 391 g/mol. The Bertz CT molecular complexity index is 1070. The molecular weight excluding hydrogens is 374 g/mol. The normalized spacial score (nSPS) is 10.8. The summed E-state index contributed by atoms with van der Waals surface area (Å²) in [6.07, 6.45) is 0. The van der Waals surface area contributed by atoms with E-state index >= 15 is 0 Å². The Morgan fingerprint density at radius 3 is 2.61 bits per heavy atom. The van der Waals surface area contributed by atoms with Crippen LogP contribution in [0.1, 0.15) is 25.9 Å². The molecule has 1 N–H and O–H groups in total. The summed E-state index contributed by atoms with van der Waals surface area (Å²) >= 11 is 1.22. The fourth-order valence-electron chi connectivity index (χ4n) is 2.51. The number of amides is 1. The SMILES string of the molecule is Cc1ccc(-c2nnn(Cc3nnc(C(=O)NCc4ccccc4)s3)n2)cc1. The molecule has 8 nitrogen and oxygen atoms in total. The number of tetrazole rings is 1. The molecule has 0 bridgehead atoms. The molecule has 0 aliphatic carbocycles. The van der Waals surface area contributed by atoms with E-state index < -0.39 is 0 Å². The highest BCUT2D eigenvalue weighted by Gasteiger charge is 2.14. The quantitative estimate of drug-likeness (QED) is 0.542. The van der Waals surface area contributed by atoms with Crippen LogP contribution in [0.25, 0.3) is 11.4 Å². The topological polar surface area (TPSA) is 98.5 Å². The third-order valence-corrected chi connectivity index (χ3v) is 4.90. The van der Waals surface area contributed by atoms with Crippen molar-refractivity contribution < 1.29 is 4.79 Å². The third-order valence-electron chi connectivity index (χ3n) is 4.00. The maximum absolute atomic E-state index is 12.2. The van der Waals surface area contributed by atoms with E-state index in [0.717, 1.165) is 11.1 Å². The van der Waals surface area contributed by atoms with E-state index in [4.69, 9.17) is 0 Å². The predicted octanol–water partition coefficient (Wildman–Crippen LogP) is 2.48. The van der Waals surface area contributed by atoms with Gasteiger partial charge in [-0.1, -0.05) is 71.5 Å². The van der Waals surface area contributed by atoms with Gasteiger partial charge in [0.25, 0.3) is 5.91 Å². The molecule has 0 unspecified atom stereocenters. The Morgan fingerprint density at radius 2 is 1.82 bits per heavy atom. The first-order valence-corrected chi connectivity index (χ1v) is 9.48. The van der Waals surface area contributed by atoms with Crippen LogP contribution in [0.5, 0.6) is 0 Å². The number of rotatable bonds is 6. The van der Waals surface area contributed by atoms with Gasteiger partial charge >= 0.3 is 0 Å². The van der Waals surface area contributed by atoms with Gasteiger partial charge in [0, 0.05) is 12.1 Å². The second-order valence-corrected chi connectivity index (χ2v) is 7.24. The Labute approximate surface area is 165 Å². The predicted molar refractivity (Wildman–Crippen MR) is 105 cm³/mol. The van der Waals surface area contributed by atoms with Gasteiger partial charge in [-0.2, -0.15) is 4.80 Å². The minimum atomic E-state index is -0.250. The van der Waals surface area contributed by atoms with Crippen LogP contribution in [0, 0.1) is 6.92 Å². The lowest BCUT2D eigenvalue weighted by molar-refractivity contribution is 0.0950.